The molecule has 31 heavy (non-hydrogen) atoms. The number of likely N-dealkylation sites (tertiary alicyclic amines) is 1. The first-order valence-electron chi connectivity index (χ1n) is 11.0. The second-order valence-electron chi connectivity index (χ2n) is 8.75. The number of carbonyl (C=O) groups is 2. The zero-order chi connectivity index (χ0) is 22.6. The van der Waals surface area contributed by atoms with Crippen molar-refractivity contribution in [3.8, 4) is 0 Å². The third-order valence-corrected chi connectivity index (χ3v) is 8.26. The lowest BCUT2D eigenvalue weighted by Gasteiger charge is -2.30. The van der Waals surface area contributed by atoms with Gasteiger partial charge in [0.1, 0.15) is 0 Å². The fourth-order valence-electron chi connectivity index (χ4n) is 4.50. The van der Waals surface area contributed by atoms with E-state index < -0.39 is 10.0 Å². The number of anilines is 1. The monoisotopic (exact) mass is 450 g/mol. The van der Waals surface area contributed by atoms with Gasteiger partial charge in [-0.1, -0.05) is 19.3 Å². The van der Waals surface area contributed by atoms with Crippen molar-refractivity contribution in [2.24, 2.45) is 0 Å². The van der Waals surface area contributed by atoms with Crippen molar-refractivity contribution in [3.05, 3.63) is 24.3 Å². The van der Waals surface area contributed by atoms with E-state index in [9.17, 15) is 18.0 Å². The van der Waals surface area contributed by atoms with Gasteiger partial charge in [-0.2, -0.15) is 4.31 Å². The van der Waals surface area contributed by atoms with Crippen LogP contribution in [0.15, 0.2) is 29.2 Å². The number of hydrogen-bond donors (Lipinski definition) is 1. The molecule has 2 aliphatic rings. The van der Waals surface area contributed by atoms with Crippen molar-refractivity contribution >= 4 is 27.5 Å². The Hall–Kier alpha value is -1.97. The maximum absolute atomic E-state index is 12.9. The van der Waals surface area contributed by atoms with E-state index in [1.165, 1.54) is 10.7 Å². The molecule has 9 heteroatoms. The number of rotatable bonds is 7. The molecule has 1 aliphatic carbocycles. The summed E-state index contributed by atoms with van der Waals surface area (Å²) >= 11 is 0. The third kappa shape index (κ3) is 5.64. The summed E-state index contributed by atoms with van der Waals surface area (Å²) < 4.78 is 27.4. The molecule has 1 N–H and O–H groups in total. The van der Waals surface area contributed by atoms with Crippen molar-refractivity contribution in [3.63, 3.8) is 0 Å². The average Bonchev–Trinajstić information content (AvgIpc) is 3.21. The van der Waals surface area contributed by atoms with E-state index in [4.69, 9.17) is 0 Å². The maximum Gasteiger partial charge on any atom is 0.243 e. The lowest BCUT2D eigenvalue weighted by molar-refractivity contribution is -0.133. The molecular weight excluding hydrogens is 416 g/mol. The SMILES string of the molecule is CN(C)C(=O)C1CCCN1CC(=O)Nc1ccc(S(=O)(=O)N(C)C2CCCCC2)cc1. The molecule has 2 amide bonds. The van der Waals surface area contributed by atoms with Crippen LogP contribution in [0.3, 0.4) is 0 Å². The zero-order valence-electron chi connectivity index (χ0n) is 18.7. The minimum atomic E-state index is -3.56. The Bertz CT molecular complexity index is 879. The summed E-state index contributed by atoms with van der Waals surface area (Å²) in [6, 6.07) is 6.11. The minimum absolute atomic E-state index is 0.0157. The molecule has 1 saturated carbocycles. The highest BCUT2D eigenvalue weighted by atomic mass is 32.2. The predicted octanol–water partition coefficient (Wildman–Crippen LogP) is 2.13. The summed E-state index contributed by atoms with van der Waals surface area (Å²) in [6.07, 6.45) is 6.74. The summed E-state index contributed by atoms with van der Waals surface area (Å²) in [5.74, 6) is -0.199. The standard InChI is InChI=1S/C22H34N4O4S/c1-24(2)22(28)20-10-7-15-26(20)16-21(27)23-17-11-13-19(14-12-17)31(29,30)25(3)18-8-5-4-6-9-18/h11-14,18,20H,4-10,15-16H2,1-3H3,(H,23,27). The van der Waals surface area contributed by atoms with Gasteiger partial charge >= 0.3 is 0 Å². The van der Waals surface area contributed by atoms with Crippen LogP contribution in [0.2, 0.25) is 0 Å². The summed E-state index contributed by atoms with van der Waals surface area (Å²) in [6.45, 7) is 0.844. The van der Waals surface area contributed by atoms with Crippen molar-refractivity contribution in [1.29, 1.82) is 0 Å². The third-order valence-electron chi connectivity index (χ3n) is 6.34. The van der Waals surface area contributed by atoms with Gasteiger partial charge in [0.25, 0.3) is 0 Å². The Kier molecular flexibility index (Phi) is 7.72. The van der Waals surface area contributed by atoms with Gasteiger partial charge in [0.2, 0.25) is 21.8 Å². The van der Waals surface area contributed by atoms with Crippen LogP contribution >= 0.6 is 0 Å². The first-order chi connectivity index (χ1) is 14.7. The minimum Gasteiger partial charge on any atom is -0.347 e. The predicted molar refractivity (Wildman–Crippen MR) is 120 cm³/mol. The van der Waals surface area contributed by atoms with Gasteiger partial charge in [-0.15, -0.1) is 0 Å². The smallest absolute Gasteiger partial charge is 0.243 e. The Morgan fingerprint density at radius 3 is 2.26 bits per heavy atom. The van der Waals surface area contributed by atoms with Gasteiger partial charge in [0.15, 0.2) is 0 Å². The van der Waals surface area contributed by atoms with Crippen LogP contribution < -0.4 is 5.32 Å². The first-order valence-corrected chi connectivity index (χ1v) is 12.5. The summed E-state index contributed by atoms with van der Waals surface area (Å²) in [7, 11) is 1.54. The van der Waals surface area contributed by atoms with Crippen LogP contribution in [0.4, 0.5) is 5.69 Å². The number of nitrogens with zero attached hydrogens (tertiary/aromatic N) is 3. The van der Waals surface area contributed by atoms with E-state index in [1.54, 1.807) is 50.3 Å². The van der Waals surface area contributed by atoms with Crippen LogP contribution in [-0.2, 0) is 19.6 Å². The van der Waals surface area contributed by atoms with E-state index >= 15 is 0 Å². The number of hydrogen-bond acceptors (Lipinski definition) is 5. The molecule has 8 nitrogen and oxygen atoms in total. The van der Waals surface area contributed by atoms with Crippen LogP contribution in [0.25, 0.3) is 0 Å². The molecule has 1 heterocycles. The Labute approximate surface area is 185 Å². The molecule has 0 bridgehead atoms. The van der Waals surface area contributed by atoms with E-state index in [0.717, 1.165) is 38.5 Å². The number of benzene rings is 1. The van der Waals surface area contributed by atoms with E-state index in [1.807, 2.05) is 4.90 Å². The van der Waals surface area contributed by atoms with Gasteiger partial charge in [-0.05, 0) is 56.5 Å². The maximum atomic E-state index is 12.9. The van der Waals surface area contributed by atoms with E-state index in [2.05, 4.69) is 5.32 Å². The quantitative estimate of drug-likeness (QED) is 0.687. The fourth-order valence-corrected chi connectivity index (χ4v) is 5.91. The van der Waals surface area contributed by atoms with Gasteiger partial charge in [0.05, 0.1) is 17.5 Å². The van der Waals surface area contributed by atoms with Crippen LogP contribution in [0, 0.1) is 0 Å². The molecule has 1 aromatic carbocycles. The number of nitrogens with one attached hydrogen (secondary N) is 1. The van der Waals surface area contributed by atoms with Crippen molar-refractivity contribution < 1.29 is 18.0 Å². The highest BCUT2D eigenvalue weighted by molar-refractivity contribution is 7.89. The van der Waals surface area contributed by atoms with Crippen molar-refractivity contribution in [1.82, 2.24) is 14.1 Å². The van der Waals surface area contributed by atoms with Gasteiger partial charge in [-0.3, -0.25) is 14.5 Å². The Balaban J connectivity index is 1.60. The fraction of sp³-hybridized carbons (Fsp3) is 0.636. The molecule has 1 aromatic rings. The molecule has 3 rings (SSSR count). The average molecular weight is 451 g/mol. The molecule has 0 radical (unpaired) electrons. The molecule has 0 aromatic heterocycles. The lowest BCUT2D eigenvalue weighted by Crippen LogP contribution is -2.45. The molecule has 2 fully saturated rings. The van der Waals surface area contributed by atoms with Crippen molar-refractivity contribution in [2.75, 3.05) is 39.5 Å². The first kappa shape index (κ1) is 23.7. The topological polar surface area (TPSA) is 90.0 Å². The molecule has 172 valence electrons. The number of sulfonamides is 1. The molecule has 0 spiro atoms. The summed E-state index contributed by atoms with van der Waals surface area (Å²) in [5, 5.41) is 2.81. The van der Waals surface area contributed by atoms with Crippen LogP contribution in [0.5, 0.6) is 0 Å². The van der Waals surface area contributed by atoms with Gasteiger partial charge in [-0.25, -0.2) is 8.42 Å². The van der Waals surface area contributed by atoms with E-state index in [0.29, 0.717) is 12.2 Å². The second kappa shape index (κ2) is 10.1. The molecule has 1 unspecified atom stereocenters. The number of amides is 2. The normalized spacial score (nSPS) is 20.7. The number of carbonyl (C=O) groups excluding carboxylic acids is 2. The number of likely N-dealkylation sites (N-methyl/N-ethyl adjacent to an activating group) is 1. The molecule has 1 aliphatic heterocycles. The van der Waals surface area contributed by atoms with E-state index in [-0.39, 0.29) is 35.3 Å². The van der Waals surface area contributed by atoms with Crippen LogP contribution in [-0.4, -0.2) is 80.7 Å². The van der Waals surface area contributed by atoms with Gasteiger partial charge < -0.3 is 10.2 Å². The molecular formula is C22H34N4O4S. The zero-order valence-corrected chi connectivity index (χ0v) is 19.5. The van der Waals surface area contributed by atoms with Gasteiger partial charge in [0, 0.05) is 32.9 Å². The lowest BCUT2D eigenvalue weighted by atomic mass is 9.96. The van der Waals surface area contributed by atoms with Crippen molar-refractivity contribution in [2.45, 2.75) is 61.9 Å². The highest BCUT2D eigenvalue weighted by Gasteiger charge is 2.33. The molecule has 1 atom stereocenters. The molecule has 1 saturated heterocycles. The summed E-state index contributed by atoms with van der Waals surface area (Å²) in [4.78, 5) is 28.5. The highest BCUT2D eigenvalue weighted by Crippen LogP contribution is 2.27. The summed E-state index contributed by atoms with van der Waals surface area (Å²) in [5.41, 5.74) is 0.541. The second-order valence-corrected chi connectivity index (χ2v) is 10.7. The van der Waals surface area contributed by atoms with Crippen LogP contribution in [0.1, 0.15) is 44.9 Å². The Morgan fingerprint density at radius 2 is 1.65 bits per heavy atom. The Morgan fingerprint density at radius 1 is 1.00 bits per heavy atom. The largest absolute Gasteiger partial charge is 0.347 e.